The molecule has 0 aliphatic carbocycles. The summed E-state index contributed by atoms with van der Waals surface area (Å²) in [5, 5.41) is 21.3. The summed E-state index contributed by atoms with van der Waals surface area (Å²) in [5.74, 6) is -3.17. The Morgan fingerprint density at radius 1 is 1.24 bits per heavy atom. The first kappa shape index (κ1) is 19.9. The molecule has 150 valence electrons. The Morgan fingerprint density at radius 3 is 2.66 bits per heavy atom. The number of aromatic hydroxyl groups is 1. The summed E-state index contributed by atoms with van der Waals surface area (Å²) in [6, 6.07) is 8.99. The second-order valence-corrected chi connectivity index (χ2v) is 6.33. The van der Waals surface area contributed by atoms with Gasteiger partial charge in [-0.25, -0.2) is 4.39 Å². The number of halogens is 1. The van der Waals surface area contributed by atoms with Crippen molar-refractivity contribution < 1.29 is 28.9 Å². The van der Waals surface area contributed by atoms with Gasteiger partial charge in [-0.1, -0.05) is 12.1 Å². The largest absolute Gasteiger partial charge is 0.506 e. The Bertz CT molecular complexity index is 1200. The van der Waals surface area contributed by atoms with Crippen LogP contribution in [0.4, 0.5) is 4.39 Å². The molecule has 8 nitrogen and oxygen atoms in total. The fourth-order valence-electron chi connectivity index (χ4n) is 2.84. The number of nitrogens with one attached hydrogen (secondary N) is 1. The molecule has 0 bridgehead atoms. The van der Waals surface area contributed by atoms with Gasteiger partial charge in [-0.15, -0.1) is 0 Å². The molecule has 1 heterocycles. The molecule has 3 aromatic rings. The van der Waals surface area contributed by atoms with Crippen LogP contribution in [0.15, 0.2) is 41.2 Å². The summed E-state index contributed by atoms with van der Waals surface area (Å²) in [4.78, 5) is 35.3. The summed E-state index contributed by atoms with van der Waals surface area (Å²) in [6.45, 7) is 0.898. The predicted octanol–water partition coefficient (Wildman–Crippen LogP) is 2.30. The minimum atomic E-state index is -1.29. The van der Waals surface area contributed by atoms with Gasteiger partial charge in [-0.3, -0.25) is 14.4 Å². The Balaban J connectivity index is 2.06. The molecule has 0 saturated carbocycles. The molecule has 0 unspecified atom stereocenters. The van der Waals surface area contributed by atoms with Crippen molar-refractivity contribution in [1.82, 2.24) is 9.88 Å². The fourth-order valence-corrected chi connectivity index (χ4v) is 2.84. The van der Waals surface area contributed by atoms with Crippen LogP contribution in [0, 0.1) is 12.7 Å². The lowest BCUT2D eigenvalue weighted by Gasteiger charge is -2.13. The van der Waals surface area contributed by atoms with Crippen LogP contribution in [0.5, 0.6) is 17.2 Å². The third-order valence-corrected chi connectivity index (χ3v) is 4.35. The Labute approximate surface area is 163 Å². The Morgan fingerprint density at radius 2 is 1.97 bits per heavy atom. The Kier molecular flexibility index (Phi) is 5.22. The minimum Gasteiger partial charge on any atom is -0.506 e. The number of carbonyl (C=O) groups is 2. The number of hydrogen-bond donors (Lipinski definition) is 3. The molecular weight excluding hydrogens is 383 g/mol. The van der Waals surface area contributed by atoms with Gasteiger partial charge >= 0.3 is 5.97 Å². The van der Waals surface area contributed by atoms with Crippen LogP contribution in [0.2, 0.25) is 0 Å². The summed E-state index contributed by atoms with van der Waals surface area (Å²) in [5.41, 5.74) is -0.741. The fraction of sp³-hybridized carbons (Fsp3) is 0.150. The molecule has 1 amide bonds. The van der Waals surface area contributed by atoms with Crippen LogP contribution in [0.25, 0.3) is 10.9 Å². The molecule has 0 radical (unpaired) electrons. The molecule has 1 aromatic heterocycles. The third-order valence-electron chi connectivity index (χ3n) is 4.35. The number of benzene rings is 2. The number of pyridine rings is 1. The van der Waals surface area contributed by atoms with E-state index < -0.39 is 41.1 Å². The topological polar surface area (TPSA) is 118 Å². The molecule has 9 heteroatoms. The first-order chi connectivity index (χ1) is 13.7. The van der Waals surface area contributed by atoms with Crippen molar-refractivity contribution in [2.75, 3.05) is 6.54 Å². The maximum atomic E-state index is 14.2. The molecule has 0 fully saturated rings. The van der Waals surface area contributed by atoms with E-state index in [1.165, 1.54) is 31.3 Å². The molecule has 29 heavy (non-hydrogen) atoms. The zero-order valence-corrected chi connectivity index (χ0v) is 15.5. The SMILES string of the molecule is Cc1cccc(Oc2ccc3c(O)c(C(=O)NCC(=O)O)c(=O)n(C)c3c2)c1F. The molecular formula is C20H17FN2O6. The quantitative estimate of drug-likeness (QED) is 0.605. The van der Waals surface area contributed by atoms with Crippen LogP contribution in [-0.4, -0.2) is 33.2 Å². The third kappa shape index (κ3) is 3.75. The van der Waals surface area contributed by atoms with E-state index in [1.54, 1.807) is 19.1 Å². The average molecular weight is 400 g/mol. The van der Waals surface area contributed by atoms with Gasteiger partial charge in [0.05, 0.1) is 5.52 Å². The van der Waals surface area contributed by atoms with Crippen molar-refractivity contribution in [2.45, 2.75) is 6.92 Å². The highest BCUT2D eigenvalue weighted by molar-refractivity contribution is 6.03. The van der Waals surface area contributed by atoms with Gasteiger partial charge in [0, 0.05) is 18.5 Å². The van der Waals surface area contributed by atoms with E-state index in [0.29, 0.717) is 5.56 Å². The highest BCUT2D eigenvalue weighted by Crippen LogP contribution is 2.32. The van der Waals surface area contributed by atoms with E-state index in [2.05, 4.69) is 0 Å². The van der Waals surface area contributed by atoms with Crippen molar-refractivity contribution in [3.05, 3.63) is 63.7 Å². The number of carboxylic acids is 1. The van der Waals surface area contributed by atoms with Crippen molar-refractivity contribution >= 4 is 22.8 Å². The number of carboxylic acid groups (broad SMARTS) is 1. The number of carbonyl (C=O) groups excluding carboxylic acids is 1. The van der Waals surface area contributed by atoms with E-state index in [-0.39, 0.29) is 22.4 Å². The lowest BCUT2D eigenvalue weighted by molar-refractivity contribution is -0.135. The number of aryl methyl sites for hydroxylation is 2. The maximum Gasteiger partial charge on any atom is 0.322 e. The molecule has 3 N–H and O–H groups in total. The number of ether oxygens (including phenoxy) is 1. The van der Waals surface area contributed by atoms with Gasteiger partial charge in [0.25, 0.3) is 11.5 Å². The van der Waals surface area contributed by atoms with E-state index >= 15 is 0 Å². The molecule has 0 saturated heterocycles. The normalized spacial score (nSPS) is 10.7. The lowest BCUT2D eigenvalue weighted by atomic mass is 10.1. The van der Waals surface area contributed by atoms with Gasteiger partial charge in [-0.2, -0.15) is 0 Å². The van der Waals surface area contributed by atoms with Crippen LogP contribution < -0.4 is 15.6 Å². The van der Waals surface area contributed by atoms with Crippen LogP contribution in [0.3, 0.4) is 0 Å². The second kappa shape index (κ2) is 7.63. The maximum absolute atomic E-state index is 14.2. The van der Waals surface area contributed by atoms with Crippen LogP contribution in [0.1, 0.15) is 15.9 Å². The molecule has 2 aromatic carbocycles. The number of aromatic nitrogens is 1. The molecule has 0 spiro atoms. The van der Waals surface area contributed by atoms with Crippen molar-refractivity contribution in [3.63, 3.8) is 0 Å². The summed E-state index contributed by atoms with van der Waals surface area (Å²) < 4.78 is 20.8. The van der Waals surface area contributed by atoms with Gasteiger partial charge in [0.2, 0.25) is 0 Å². The highest BCUT2D eigenvalue weighted by Gasteiger charge is 2.22. The molecule has 3 rings (SSSR count). The zero-order chi connectivity index (χ0) is 21.3. The number of hydrogen-bond acceptors (Lipinski definition) is 5. The summed E-state index contributed by atoms with van der Waals surface area (Å²) in [6.07, 6.45) is 0. The van der Waals surface area contributed by atoms with Crippen LogP contribution >= 0.6 is 0 Å². The average Bonchev–Trinajstić information content (AvgIpc) is 2.68. The zero-order valence-electron chi connectivity index (χ0n) is 15.5. The second-order valence-electron chi connectivity index (χ2n) is 6.33. The number of aliphatic carboxylic acids is 1. The van der Waals surface area contributed by atoms with Gasteiger partial charge in [0.1, 0.15) is 23.6 Å². The first-order valence-corrected chi connectivity index (χ1v) is 8.49. The number of nitrogens with zero attached hydrogens (tertiary/aromatic N) is 1. The monoisotopic (exact) mass is 400 g/mol. The van der Waals surface area contributed by atoms with E-state index in [9.17, 15) is 23.9 Å². The van der Waals surface area contributed by atoms with Gasteiger partial charge in [-0.05, 0) is 30.7 Å². The van der Waals surface area contributed by atoms with E-state index in [4.69, 9.17) is 9.84 Å². The van der Waals surface area contributed by atoms with Crippen molar-refractivity contribution in [2.24, 2.45) is 7.05 Å². The number of amides is 1. The standard InChI is InChI=1S/C20H17FN2O6/c1-10-4-3-5-14(17(10)21)29-11-6-7-12-13(8-11)23(2)20(28)16(18(12)26)19(27)22-9-15(24)25/h3-8,26H,9H2,1-2H3,(H,22,27)(H,24,25). The number of rotatable bonds is 5. The highest BCUT2D eigenvalue weighted by atomic mass is 19.1. The van der Waals surface area contributed by atoms with Gasteiger partial charge in [0.15, 0.2) is 11.6 Å². The molecule has 0 atom stereocenters. The van der Waals surface area contributed by atoms with Gasteiger partial charge < -0.3 is 24.8 Å². The van der Waals surface area contributed by atoms with Crippen molar-refractivity contribution in [1.29, 1.82) is 0 Å². The lowest BCUT2D eigenvalue weighted by Crippen LogP contribution is -2.35. The molecule has 0 aliphatic rings. The summed E-state index contributed by atoms with van der Waals surface area (Å²) >= 11 is 0. The molecule has 0 aliphatic heterocycles. The predicted molar refractivity (Wildman–Crippen MR) is 102 cm³/mol. The van der Waals surface area contributed by atoms with E-state index in [1.807, 2.05) is 5.32 Å². The smallest absolute Gasteiger partial charge is 0.322 e. The first-order valence-electron chi connectivity index (χ1n) is 8.49. The van der Waals surface area contributed by atoms with Crippen molar-refractivity contribution in [3.8, 4) is 17.2 Å². The van der Waals surface area contributed by atoms with Crippen LogP contribution in [-0.2, 0) is 11.8 Å². The summed E-state index contributed by atoms with van der Waals surface area (Å²) in [7, 11) is 1.38. The Hall–Kier alpha value is -3.88. The number of fused-ring (bicyclic) bond motifs is 1. The van der Waals surface area contributed by atoms with E-state index in [0.717, 1.165) is 4.57 Å². The minimum absolute atomic E-state index is 0.00300.